The Labute approximate surface area is 183 Å². The monoisotopic (exact) mass is 443 g/mol. The molecule has 0 radical (unpaired) electrons. The number of benzene rings is 2. The fraction of sp³-hybridized carbons (Fsp3) is 0.391. The van der Waals surface area contributed by atoms with Crippen LogP contribution in [-0.2, 0) is 14.8 Å². The fourth-order valence-corrected chi connectivity index (χ4v) is 5.35. The largest absolute Gasteiger partial charge is 0.343 e. The third-order valence-electron chi connectivity index (χ3n) is 5.53. The van der Waals surface area contributed by atoms with Gasteiger partial charge in [0.2, 0.25) is 15.9 Å². The Morgan fingerprint density at radius 3 is 2.32 bits per heavy atom. The lowest BCUT2D eigenvalue weighted by molar-refractivity contribution is -0.115. The van der Waals surface area contributed by atoms with Crippen molar-refractivity contribution in [3.05, 3.63) is 59.2 Å². The molecule has 1 fully saturated rings. The van der Waals surface area contributed by atoms with Gasteiger partial charge in [-0.2, -0.15) is 4.31 Å². The summed E-state index contributed by atoms with van der Waals surface area (Å²) < 4.78 is 27.2. The Morgan fingerprint density at radius 1 is 1.06 bits per heavy atom. The van der Waals surface area contributed by atoms with E-state index in [1.54, 1.807) is 0 Å². The van der Waals surface area contributed by atoms with E-state index < -0.39 is 15.9 Å². The van der Waals surface area contributed by atoms with Crippen LogP contribution < -0.4 is 10.6 Å². The number of anilines is 1. The summed E-state index contributed by atoms with van der Waals surface area (Å²) >= 11 is 0. The number of carbonyl (C=O) groups is 2. The molecule has 0 bridgehead atoms. The SMILES string of the molecule is Cc1cccc(C)c1NC(=O)CNC(=O)c1ccc(S(=O)(=O)N2CCC[C@@H](C)C2)cc1. The van der Waals surface area contributed by atoms with Gasteiger partial charge < -0.3 is 10.6 Å². The molecule has 1 saturated heterocycles. The van der Waals surface area contributed by atoms with E-state index in [1.165, 1.54) is 28.6 Å². The number of carbonyl (C=O) groups excluding carboxylic acids is 2. The quantitative estimate of drug-likeness (QED) is 0.717. The number of aryl methyl sites for hydroxylation is 2. The summed E-state index contributed by atoms with van der Waals surface area (Å²) in [6.45, 7) is 6.71. The Balaban J connectivity index is 1.59. The average Bonchev–Trinajstić information content (AvgIpc) is 2.75. The Kier molecular flexibility index (Phi) is 7.12. The highest BCUT2D eigenvalue weighted by atomic mass is 32.2. The van der Waals surface area contributed by atoms with Crippen LogP contribution in [-0.4, -0.2) is 44.2 Å². The van der Waals surface area contributed by atoms with Crippen molar-refractivity contribution in [3.8, 4) is 0 Å². The number of para-hydroxylation sites is 1. The number of piperidine rings is 1. The van der Waals surface area contributed by atoms with Gasteiger partial charge in [0.05, 0.1) is 11.4 Å². The molecule has 1 aliphatic heterocycles. The van der Waals surface area contributed by atoms with E-state index in [1.807, 2.05) is 39.0 Å². The molecule has 0 aliphatic carbocycles. The van der Waals surface area contributed by atoms with E-state index in [-0.39, 0.29) is 17.3 Å². The molecule has 2 aromatic rings. The maximum absolute atomic E-state index is 12.8. The zero-order valence-corrected chi connectivity index (χ0v) is 19.0. The lowest BCUT2D eigenvalue weighted by Crippen LogP contribution is -2.39. The first-order valence-electron chi connectivity index (χ1n) is 10.4. The molecule has 166 valence electrons. The summed E-state index contributed by atoms with van der Waals surface area (Å²) in [7, 11) is -3.57. The predicted molar refractivity (Wildman–Crippen MR) is 120 cm³/mol. The second kappa shape index (κ2) is 9.62. The average molecular weight is 444 g/mol. The Hall–Kier alpha value is -2.71. The topological polar surface area (TPSA) is 95.6 Å². The molecule has 0 spiro atoms. The number of amides is 2. The summed E-state index contributed by atoms with van der Waals surface area (Å²) in [6.07, 6.45) is 1.88. The molecule has 0 aromatic heterocycles. The van der Waals surface area contributed by atoms with Gasteiger partial charge in [-0.3, -0.25) is 9.59 Å². The molecule has 2 N–H and O–H groups in total. The summed E-state index contributed by atoms with van der Waals surface area (Å²) in [6, 6.07) is 11.6. The van der Waals surface area contributed by atoms with E-state index in [4.69, 9.17) is 0 Å². The number of hydrogen-bond acceptors (Lipinski definition) is 4. The molecule has 2 aromatic carbocycles. The summed E-state index contributed by atoms with van der Waals surface area (Å²) in [5.74, 6) is -0.431. The molecule has 0 saturated carbocycles. The lowest BCUT2D eigenvalue weighted by atomic mass is 10.0. The number of rotatable bonds is 6. The molecule has 1 atom stereocenters. The van der Waals surface area contributed by atoms with Crippen LogP contribution in [0.2, 0.25) is 0 Å². The molecule has 1 aliphatic rings. The van der Waals surface area contributed by atoms with Gasteiger partial charge in [-0.05, 0) is 68.0 Å². The first-order chi connectivity index (χ1) is 14.7. The Bertz CT molecular complexity index is 1040. The summed E-state index contributed by atoms with van der Waals surface area (Å²) in [5, 5.41) is 5.39. The van der Waals surface area contributed by atoms with E-state index in [2.05, 4.69) is 10.6 Å². The lowest BCUT2D eigenvalue weighted by Gasteiger charge is -2.30. The highest BCUT2D eigenvalue weighted by molar-refractivity contribution is 7.89. The normalized spacial score (nSPS) is 17.2. The van der Waals surface area contributed by atoms with Crippen LogP contribution in [0.15, 0.2) is 47.4 Å². The first-order valence-corrected chi connectivity index (χ1v) is 11.9. The van der Waals surface area contributed by atoms with Crippen molar-refractivity contribution in [3.63, 3.8) is 0 Å². The van der Waals surface area contributed by atoms with Crippen LogP contribution in [0.3, 0.4) is 0 Å². The van der Waals surface area contributed by atoms with Crippen LogP contribution in [0.25, 0.3) is 0 Å². The van der Waals surface area contributed by atoms with E-state index in [9.17, 15) is 18.0 Å². The number of sulfonamides is 1. The van der Waals surface area contributed by atoms with Crippen LogP contribution >= 0.6 is 0 Å². The van der Waals surface area contributed by atoms with Gasteiger partial charge in [0.1, 0.15) is 0 Å². The van der Waals surface area contributed by atoms with Crippen LogP contribution in [0.1, 0.15) is 41.3 Å². The molecule has 0 unspecified atom stereocenters. The Morgan fingerprint density at radius 2 is 1.71 bits per heavy atom. The molecular formula is C23H29N3O4S. The van der Waals surface area contributed by atoms with Gasteiger partial charge in [0, 0.05) is 24.3 Å². The molecule has 2 amide bonds. The van der Waals surface area contributed by atoms with Crippen molar-refractivity contribution in [2.75, 3.05) is 25.0 Å². The van der Waals surface area contributed by atoms with Crippen LogP contribution in [0, 0.1) is 19.8 Å². The van der Waals surface area contributed by atoms with Crippen molar-refractivity contribution in [1.29, 1.82) is 0 Å². The van der Waals surface area contributed by atoms with Gasteiger partial charge in [0.15, 0.2) is 0 Å². The third-order valence-corrected chi connectivity index (χ3v) is 7.41. The standard InChI is InChI=1S/C23H29N3O4S/c1-16-6-5-13-26(15-16)31(29,30)20-11-9-19(10-12-20)23(28)24-14-21(27)25-22-17(2)7-4-8-18(22)3/h4,7-12,16H,5-6,13-15H2,1-3H3,(H,24,28)(H,25,27)/t16-/m1/s1. The van der Waals surface area contributed by atoms with Crippen molar-refractivity contribution in [2.24, 2.45) is 5.92 Å². The zero-order chi connectivity index (χ0) is 22.6. The first kappa shape index (κ1) is 23.0. The highest BCUT2D eigenvalue weighted by Gasteiger charge is 2.28. The maximum atomic E-state index is 12.8. The van der Waals surface area contributed by atoms with Gasteiger partial charge >= 0.3 is 0 Å². The second-order valence-electron chi connectivity index (χ2n) is 8.13. The predicted octanol–water partition coefficient (Wildman–Crippen LogP) is 3.09. The molecule has 31 heavy (non-hydrogen) atoms. The number of hydrogen-bond donors (Lipinski definition) is 2. The van der Waals surface area contributed by atoms with E-state index in [0.29, 0.717) is 24.6 Å². The molecular weight excluding hydrogens is 414 g/mol. The number of nitrogens with zero attached hydrogens (tertiary/aromatic N) is 1. The van der Waals surface area contributed by atoms with Crippen LogP contribution in [0.4, 0.5) is 5.69 Å². The fourth-order valence-electron chi connectivity index (χ4n) is 3.75. The highest BCUT2D eigenvalue weighted by Crippen LogP contribution is 2.23. The zero-order valence-electron chi connectivity index (χ0n) is 18.1. The smallest absolute Gasteiger partial charge is 0.251 e. The van der Waals surface area contributed by atoms with Gasteiger partial charge in [0.25, 0.3) is 5.91 Å². The van der Waals surface area contributed by atoms with Gasteiger partial charge in [-0.25, -0.2) is 8.42 Å². The van der Waals surface area contributed by atoms with E-state index >= 15 is 0 Å². The number of nitrogens with one attached hydrogen (secondary N) is 2. The summed E-state index contributed by atoms with van der Waals surface area (Å²) in [4.78, 5) is 24.8. The van der Waals surface area contributed by atoms with Gasteiger partial charge in [-0.1, -0.05) is 25.1 Å². The van der Waals surface area contributed by atoms with Crippen molar-refractivity contribution < 1.29 is 18.0 Å². The minimum atomic E-state index is -3.57. The van der Waals surface area contributed by atoms with E-state index in [0.717, 1.165) is 29.7 Å². The maximum Gasteiger partial charge on any atom is 0.251 e. The molecule has 3 rings (SSSR count). The van der Waals surface area contributed by atoms with Crippen molar-refractivity contribution in [1.82, 2.24) is 9.62 Å². The second-order valence-corrected chi connectivity index (χ2v) is 10.1. The molecule has 1 heterocycles. The van der Waals surface area contributed by atoms with Crippen molar-refractivity contribution in [2.45, 2.75) is 38.5 Å². The van der Waals surface area contributed by atoms with Crippen LogP contribution in [0.5, 0.6) is 0 Å². The minimum absolute atomic E-state index is 0.172. The molecule has 8 heteroatoms. The summed E-state index contributed by atoms with van der Waals surface area (Å²) in [5.41, 5.74) is 2.92. The molecule has 7 nitrogen and oxygen atoms in total. The minimum Gasteiger partial charge on any atom is -0.343 e. The van der Waals surface area contributed by atoms with Gasteiger partial charge in [-0.15, -0.1) is 0 Å². The third kappa shape index (κ3) is 5.51. The van der Waals surface area contributed by atoms with Crippen molar-refractivity contribution >= 4 is 27.5 Å².